The van der Waals surface area contributed by atoms with Crippen LogP contribution < -0.4 is 5.43 Å². The second kappa shape index (κ2) is 7.67. The maximum absolute atomic E-state index is 12.6. The minimum atomic E-state index is -3.62. The van der Waals surface area contributed by atoms with E-state index in [0.717, 1.165) is 12.1 Å². The summed E-state index contributed by atoms with van der Waals surface area (Å²) in [7, 11) is -3.62. The molecule has 0 spiro atoms. The van der Waals surface area contributed by atoms with E-state index in [4.69, 9.17) is 4.74 Å². The van der Waals surface area contributed by atoms with Gasteiger partial charge in [-0.25, -0.2) is 13.8 Å². The number of amides is 1. The van der Waals surface area contributed by atoms with Gasteiger partial charge < -0.3 is 4.74 Å². The lowest BCUT2D eigenvalue weighted by atomic mass is 10.2. The van der Waals surface area contributed by atoms with Crippen LogP contribution in [0.1, 0.15) is 30.6 Å². The highest BCUT2D eigenvalue weighted by atomic mass is 32.2. The van der Waals surface area contributed by atoms with Crippen LogP contribution >= 0.6 is 0 Å². The molecule has 1 saturated heterocycles. The van der Waals surface area contributed by atoms with E-state index in [0.29, 0.717) is 26.3 Å². The Morgan fingerprint density at radius 1 is 1.35 bits per heavy atom. The van der Waals surface area contributed by atoms with Crippen LogP contribution in [0.3, 0.4) is 0 Å². The first-order valence-corrected chi connectivity index (χ1v) is 8.90. The number of sulfonamides is 1. The third-order valence-corrected chi connectivity index (χ3v) is 5.46. The molecular weight excluding hydrogens is 318 g/mol. The van der Waals surface area contributed by atoms with Crippen LogP contribution in [0.15, 0.2) is 34.3 Å². The van der Waals surface area contributed by atoms with E-state index in [9.17, 15) is 13.2 Å². The third-order valence-electron chi connectivity index (χ3n) is 3.56. The Labute approximate surface area is 136 Å². The number of carbonyl (C=O) groups is 1. The molecule has 1 N–H and O–H groups in total. The van der Waals surface area contributed by atoms with Crippen molar-refractivity contribution in [1.82, 2.24) is 9.73 Å². The van der Waals surface area contributed by atoms with Crippen molar-refractivity contribution in [2.45, 2.75) is 25.2 Å². The molecular formula is C15H21N3O4S. The Balaban J connectivity index is 2.20. The molecule has 0 radical (unpaired) electrons. The van der Waals surface area contributed by atoms with E-state index in [1.54, 1.807) is 19.1 Å². The van der Waals surface area contributed by atoms with Crippen molar-refractivity contribution in [2.75, 3.05) is 26.3 Å². The van der Waals surface area contributed by atoms with Gasteiger partial charge in [-0.15, -0.1) is 0 Å². The van der Waals surface area contributed by atoms with Crippen molar-refractivity contribution >= 4 is 21.6 Å². The van der Waals surface area contributed by atoms with Crippen LogP contribution in [0.4, 0.5) is 0 Å². The van der Waals surface area contributed by atoms with Gasteiger partial charge in [-0.05, 0) is 31.5 Å². The van der Waals surface area contributed by atoms with Crippen LogP contribution in [0.5, 0.6) is 0 Å². The fraction of sp³-hybridized carbons (Fsp3) is 0.467. The van der Waals surface area contributed by atoms with Crippen LogP contribution in [0.2, 0.25) is 0 Å². The largest absolute Gasteiger partial charge is 0.379 e. The molecule has 0 bridgehead atoms. The highest BCUT2D eigenvalue weighted by Crippen LogP contribution is 2.18. The number of hydrazone groups is 1. The lowest BCUT2D eigenvalue weighted by molar-refractivity contribution is 0.0730. The minimum Gasteiger partial charge on any atom is -0.379 e. The van der Waals surface area contributed by atoms with E-state index in [-0.39, 0.29) is 10.5 Å². The number of ether oxygens (including phenoxy) is 1. The van der Waals surface area contributed by atoms with Gasteiger partial charge in [0, 0.05) is 24.4 Å². The zero-order chi connectivity index (χ0) is 16.9. The van der Waals surface area contributed by atoms with Gasteiger partial charge in [-0.3, -0.25) is 4.79 Å². The average molecular weight is 339 g/mol. The van der Waals surface area contributed by atoms with Crippen LogP contribution in [0, 0.1) is 0 Å². The number of benzene rings is 1. The molecule has 23 heavy (non-hydrogen) atoms. The van der Waals surface area contributed by atoms with Gasteiger partial charge in [0.05, 0.1) is 18.1 Å². The summed E-state index contributed by atoms with van der Waals surface area (Å²) in [4.78, 5) is 12.2. The number of morpholine rings is 1. The van der Waals surface area contributed by atoms with E-state index in [1.807, 2.05) is 6.92 Å². The van der Waals surface area contributed by atoms with Gasteiger partial charge in [-0.2, -0.15) is 9.41 Å². The van der Waals surface area contributed by atoms with E-state index in [1.165, 1.54) is 16.4 Å². The molecule has 1 aliphatic rings. The van der Waals surface area contributed by atoms with Crippen LogP contribution in [-0.4, -0.2) is 50.6 Å². The fourth-order valence-corrected chi connectivity index (χ4v) is 3.48. The molecule has 1 amide bonds. The second-order valence-corrected chi connectivity index (χ2v) is 7.12. The van der Waals surface area contributed by atoms with Crippen LogP contribution in [0.25, 0.3) is 0 Å². The number of carbonyl (C=O) groups excluding carboxylic acids is 1. The number of nitrogens with one attached hydrogen (secondary N) is 1. The van der Waals surface area contributed by atoms with Gasteiger partial charge in [-0.1, -0.05) is 13.0 Å². The van der Waals surface area contributed by atoms with Gasteiger partial charge in [0.25, 0.3) is 5.91 Å². The maximum atomic E-state index is 12.6. The predicted molar refractivity (Wildman–Crippen MR) is 86.9 cm³/mol. The molecule has 0 saturated carbocycles. The Bertz CT molecular complexity index is 694. The second-order valence-electron chi connectivity index (χ2n) is 5.19. The van der Waals surface area contributed by atoms with Gasteiger partial charge in [0.2, 0.25) is 10.0 Å². The minimum absolute atomic E-state index is 0.100. The fourth-order valence-electron chi connectivity index (χ4n) is 2.02. The summed E-state index contributed by atoms with van der Waals surface area (Å²) in [6.07, 6.45) is 0.728. The molecule has 0 atom stereocenters. The molecule has 0 unspecified atom stereocenters. The Kier molecular flexibility index (Phi) is 5.86. The summed E-state index contributed by atoms with van der Waals surface area (Å²) in [5.74, 6) is -0.433. The molecule has 8 heteroatoms. The standard InChI is InChI=1S/C15H21N3O4S/c1-3-12(2)16-17-15(19)13-5-4-6-14(11-13)23(20,21)18-7-9-22-10-8-18/h4-6,11H,3,7-10H2,1-2H3,(H,17,19)/b16-12-. The quantitative estimate of drug-likeness (QED) is 0.645. The molecule has 2 rings (SSSR count). The predicted octanol–water partition coefficient (Wildman–Crippen LogP) is 1.22. The van der Waals surface area contributed by atoms with Gasteiger partial charge in [0.1, 0.15) is 0 Å². The van der Waals surface area contributed by atoms with Crippen molar-refractivity contribution < 1.29 is 17.9 Å². The van der Waals surface area contributed by atoms with E-state index >= 15 is 0 Å². The normalized spacial score (nSPS) is 17.0. The zero-order valence-electron chi connectivity index (χ0n) is 13.3. The lowest BCUT2D eigenvalue weighted by Gasteiger charge is -2.26. The summed E-state index contributed by atoms with van der Waals surface area (Å²) in [6, 6.07) is 5.97. The Hall–Kier alpha value is -1.77. The van der Waals surface area contributed by atoms with Gasteiger partial charge in [0.15, 0.2) is 0 Å². The molecule has 1 fully saturated rings. The summed E-state index contributed by atoms with van der Waals surface area (Å²) in [6.45, 7) is 5.13. The molecule has 0 aromatic heterocycles. The van der Waals surface area contributed by atoms with Crippen molar-refractivity contribution in [3.63, 3.8) is 0 Å². The first-order valence-electron chi connectivity index (χ1n) is 7.46. The molecule has 1 aromatic rings. The lowest BCUT2D eigenvalue weighted by Crippen LogP contribution is -2.40. The SMILES string of the molecule is CC/C(C)=N\NC(=O)c1cccc(S(=O)(=O)N2CCOCC2)c1. The van der Waals surface area contributed by atoms with E-state index in [2.05, 4.69) is 10.5 Å². The number of nitrogens with zero attached hydrogens (tertiary/aromatic N) is 2. The number of hydrogen-bond acceptors (Lipinski definition) is 5. The molecule has 126 valence electrons. The molecule has 1 heterocycles. The van der Waals surface area contributed by atoms with Crippen LogP contribution in [-0.2, 0) is 14.8 Å². The maximum Gasteiger partial charge on any atom is 0.271 e. The highest BCUT2D eigenvalue weighted by Gasteiger charge is 2.26. The topological polar surface area (TPSA) is 88.1 Å². The van der Waals surface area contributed by atoms with E-state index < -0.39 is 15.9 Å². The third kappa shape index (κ3) is 4.37. The summed E-state index contributed by atoms with van der Waals surface area (Å²) in [5, 5.41) is 3.94. The van der Waals surface area contributed by atoms with Gasteiger partial charge >= 0.3 is 0 Å². The average Bonchev–Trinajstić information content (AvgIpc) is 2.60. The van der Waals surface area contributed by atoms with Crippen molar-refractivity contribution in [3.05, 3.63) is 29.8 Å². The van der Waals surface area contributed by atoms with Crippen molar-refractivity contribution in [3.8, 4) is 0 Å². The molecule has 0 aliphatic carbocycles. The molecule has 7 nitrogen and oxygen atoms in total. The first-order chi connectivity index (χ1) is 10.9. The summed E-state index contributed by atoms with van der Waals surface area (Å²) < 4.78 is 31.7. The Morgan fingerprint density at radius 3 is 2.70 bits per heavy atom. The monoisotopic (exact) mass is 339 g/mol. The highest BCUT2D eigenvalue weighted by molar-refractivity contribution is 7.89. The summed E-state index contributed by atoms with van der Waals surface area (Å²) >= 11 is 0. The summed E-state index contributed by atoms with van der Waals surface area (Å²) in [5.41, 5.74) is 3.47. The molecule has 1 aliphatic heterocycles. The van der Waals surface area contributed by atoms with Crippen molar-refractivity contribution in [2.24, 2.45) is 5.10 Å². The Morgan fingerprint density at radius 2 is 2.04 bits per heavy atom. The number of rotatable bonds is 5. The van der Waals surface area contributed by atoms with Crippen molar-refractivity contribution in [1.29, 1.82) is 0 Å². The first kappa shape index (κ1) is 17.6. The zero-order valence-corrected chi connectivity index (χ0v) is 14.1. The number of hydrogen-bond donors (Lipinski definition) is 1. The molecule has 1 aromatic carbocycles. The smallest absolute Gasteiger partial charge is 0.271 e.